The van der Waals surface area contributed by atoms with Crippen LogP contribution in [-0.4, -0.2) is 22.0 Å². The molecule has 0 atom stereocenters. The van der Waals surface area contributed by atoms with E-state index in [-0.39, 0.29) is 16.3 Å². The second kappa shape index (κ2) is 6.02. The average Bonchev–Trinajstić information content (AvgIpc) is 2.41. The molecule has 0 saturated carbocycles. The maximum absolute atomic E-state index is 12.0. The molecule has 1 aromatic heterocycles. The van der Waals surface area contributed by atoms with Gasteiger partial charge in [0.25, 0.3) is 5.91 Å². The molecule has 1 amide bonds. The summed E-state index contributed by atoms with van der Waals surface area (Å²) in [6.07, 6.45) is 1.38. The number of benzene rings is 1. The van der Waals surface area contributed by atoms with E-state index < -0.39 is 11.9 Å². The quantitative estimate of drug-likeness (QED) is 0.827. The van der Waals surface area contributed by atoms with Crippen LogP contribution in [0.1, 0.15) is 20.7 Å². The van der Waals surface area contributed by atoms with Gasteiger partial charge in [0.2, 0.25) is 0 Å². The Kier molecular flexibility index (Phi) is 4.36. The van der Waals surface area contributed by atoms with Crippen molar-refractivity contribution in [2.45, 2.75) is 0 Å². The maximum Gasteiger partial charge on any atom is 0.337 e. The van der Waals surface area contributed by atoms with Gasteiger partial charge in [0.05, 0.1) is 16.8 Å². The number of hydrogen-bond acceptors (Lipinski definition) is 3. The third-order valence-electron chi connectivity index (χ3n) is 2.45. The molecule has 2 N–H and O–H groups in total. The van der Waals surface area contributed by atoms with Gasteiger partial charge in [0, 0.05) is 11.2 Å². The van der Waals surface area contributed by atoms with E-state index in [0.29, 0.717) is 10.2 Å². The van der Waals surface area contributed by atoms with Gasteiger partial charge in [-0.15, -0.1) is 0 Å². The maximum atomic E-state index is 12.0. The highest BCUT2D eigenvalue weighted by Crippen LogP contribution is 2.21. The Balaban J connectivity index is 2.28. The highest BCUT2D eigenvalue weighted by molar-refractivity contribution is 9.10. The minimum absolute atomic E-state index is 0.0732. The second-order valence-electron chi connectivity index (χ2n) is 3.82. The normalized spacial score (nSPS) is 10.1. The van der Waals surface area contributed by atoms with E-state index in [2.05, 4.69) is 26.2 Å². The summed E-state index contributed by atoms with van der Waals surface area (Å²) in [5.41, 5.74) is 0.422. The van der Waals surface area contributed by atoms with Crippen molar-refractivity contribution in [3.8, 4) is 0 Å². The van der Waals surface area contributed by atoms with Crippen molar-refractivity contribution in [2.24, 2.45) is 0 Å². The monoisotopic (exact) mass is 354 g/mol. The number of carbonyl (C=O) groups is 2. The minimum atomic E-state index is -1.17. The zero-order chi connectivity index (χ0) is 14.7. The lowest BCUT2D eigenvalue weighted by atomic mass is 10.1. The molecular weight excluding hydrogens is 348 g/mol. The molecule has 0 saturated heterocycles. The van der Waals surface area contributed by atoms with Crippen LogP contribution in [0.5, 0.6) is 0 Å². The van der Waals surface area contributed by atoms with Crippen molar-refractivity contribution in [2.75, 3.05) is 5.32 Å². The number of carboxylic acids is 1. The average molecular weight is 356 g/mol. The Morgan fingerprint density at radius 1 is 1.25 bits per heavy atom. The number of amides is 1. The van der Waals surface area contributed by atoms with Crippen molar-refractivity contribution in [1.29, 1.82) is 0 Å². The number of anilines is 1. The standard InChI is InChI=1S/C13H8BrClN2O3/c14-11-4-1-7(6-16-11)12(18)17-10-3-2-8(15)5-9(10)13(19)20/h1-6H,(H,17,18)(H,19,20). The van der Waals surface area contributed by atoms with Crippen molar-refractivity contribution in [1.82, 2.24) is 4.98 Å². The Morgan fingerprint density at radius 3 is 2.60 bits per heavy atom. The van der Waals surface area contributed by atoms with Gasteiger partial charge in [-0.2, -0.15) is 0 Å². The molecule has 0 fully saturated rings. The van der Waals surface area contributed by atoms with Gasteiger partial charge < -0.3 is 10.4 Å². The fraction of sp³-hybridized carbons (Fsp3) is 0. The fourth-order valence-electron chi connectivity index (χ4n) is 1.51. The molecule has 0 bridgehead atoms. The molecule has 102 valence electrons. The molecule has 1 heterocycles. The van der Waals surface area contributed by atoms with E-state index in [1.54, 1.807) is 12.1 Å². The summed E-state index contributed by atoms with van der Waals surface area (Å²) >= 11 is 8.91. The first-order valence-corrected chi connectivity index (χ1v) is 6.60. The van der Waals surface area contributed by atoms with Gasteiger partial charge in [-0.05, 0) is 46.3 Å². The zero-order valence-corrected chi connectivity index (χ0v) is 12.3. The Hall–Kier alpha value is -1.92. The fourth-order valence-corrected chi connectivity index (χ4v) is 1.91. The van der Waals surface area contributed by atoms with E-state index >= 15 is 0 Å². The van der Waals surface area contributed by atoms with Crippen molar-refractivity contribution >= 4 is 45.1 Å². The lowest BCUT2D eigenvalue weighted by Crippen LogP contribution is -2.15. The Morgan fingerprint density at radius 2 is 2.00 bits per heavy atom. The summed E-state index contributed by atoms with van der Waals surface area (Å²) in [5.74, 6) is -1.62. The SMILES string of the molecule is O=C(Nc1ccc(Cl)cc1C(=O)O)c1ccc(Br)nc1. The van der Waals surface area contributed by atoms with Crippen LogP contribution in [0.25, 0.3) is 0 Å². The first kappa shape index (κ1) is 14.5. The molecule has 0 aliphatic rings. The van der Waals surface area contributed by atoms with Crippen LogP contribution in [0.4, 0.5) is 5.69 Å². The number of hydrogen-bond donors (Lipinski definition) is 2. The lowest BCUT2D eigenvalue weighted by Gasteiger charge is -2.08. The second-order valence-corrected chi connectivity index (χ2v) is 5.07. The van der Waals surface area contributed by atoms with E-state index in [1.165, 1.54) is 24.4 Å². The first-order chi connectivity index (χ1) is 9.47. The predicted octanol–water partition coefficient (Wildman–Crippen LogP) is 3.45. The van der Waals surface area contributed by atoms with Crippen LogP contribution in [-0.2, 0) is 0 Å². The van der Waals surface area contributed by atoms with Crippen LogP contribution < -0.4 is 5.32 Å². The lowest BCUT2D eigenvalue weighted by molar-refractivity contribution is 0.0698. The third-order valence-corrected chi connectivity index (χ3v) is 3.15. The minimum Gasteiger partial charge on any atom is -0.478 e. The van der Waals surface area contributed by atoms with Crippen LogP contribution in [0, 0.1) is 0 Å². The molecule has 0 aliphatic heterocycles. The summed E-state index contributed by atoms with van der Waals surface area (Å²) in [4.78, 5) is 27.0. The number of aromatic nitrogens is 1. The number of pyridine rings is 1. The van der Waals surface area contributed by atoms with E-state index in [9.17, 15) is 9.59 Å². The molecule has 5 nitrogen and oxygen atoms in total. The summed E-state index contributed by atoms with van der Waals surface area (Å²) in [5, 5.41) is 11.9. The smallest absolute Gasteiger partial charge is 0.337 e. The molecule has 1 aromatic carbocycles. The molecule has 0 aliphatic carbocycles. The van der Waals surface area contributed by atoms with Gasteiger partial charge in [-0.25, -0.2) is 9.78 Å². The van der Waals surface area contributed by atoms with Gasteiger partial charge in [-0.3, -0.25) is 4.79 Å². The molecule has 20 heavy (non-hydrogen) atoms. The predicted molar refractivity (Wildman–Crippen MR) is 78.3 cm³/mol. The number of halogens is 2. The van der Waals surface area contributed by atoms with Crippen molar-refractivity contribution in [3.05, 3.63) is 57.3 Å². The summed E-state index contributed by atoms with van der Waals surface area (Å²) in [7, 11) is 0. The number of carbonyl (C=O) groups excluding carboxylic acids is 1. The van der Waals surface area contributed by atoms with Gasteiger partial charge in [-0.1, -0.05) is 11.6 Å². The largest absolute Gasteiger partial charge is 0.478 e. The highest BCUT2D eigenvalue weighted by atomic mass is 79.9. The molecule has 0 unspecified atom stereocenters. The zero-order valence-electron chi connectivity index (χ0n) is 9.93. The molecule has 2 rings (SSSR count). The van der Waals surface area contributed by atoms with E-state index in [1.807, 2.05) is 0 Å². The summed E-state index contributed by atoms with van der Waals surface area (Å²) in [6, 6.07) is 7.41. The molecule has 7 heteroatoms. The third kappa shape index (κ3) is 3.34. The van der Waals surface area contributed by atoms with Crippen molar-refractivity contribution in [3.63, 3.8) is 0 Å². The number of rotatable bonds is 3. The van der Waals surface area contributed by atoms with E-state index in [4.69, 9.17) is 16.7 Å². The Labute approximate surface area is 127 Å². The first-order valence-electron chi connectivity index (χ1n) is 5.43. The molecule has 0 radical (unpaired) electrons. The Bertz CT molecular complexity index is 674. The van der Waals surface area contributed by atoms with Crippen LogP contribution in [0.2, 0.25) is 5.02 Å². The molecular formula is C13H8BrClN2O3. The number of aromatic carboxylic acids is 1. The van der Waals surface area contributed by atoms with Gasteiger partial charge >= 0.3 is 5.97 Å². The van der Waals surface area contributed by atoms with Crippen molar-refractivity contribution < 1.29 is 14.7 Å². The molecule has 2 aromatic rings. The van der Waals surface area contributed by atoms with Gasteiger partial charge in [0.15, 0.2) is 0 Å². The number of carboxylic acid groups (broad SMARTS) is 1. The number of nitrogens with zero attached hydrogens (tertiary/aromatic N) is 1. The summed E-state index contributed by atoms with van der Waals surface area (Å²) < 4.78 is 0.603. The number of nitrogens with one attached hydrogen (secondary N) is 1. The topological polar surface area (TPSA) is 79.3 Å². The van der Waals surface area contributed by atoms with Crippen LogP contribution in [0.3, 0.4) is 0 Å². The van der Waals surface area contributed by atoms with Gasteiger partial charge in [0.1, 0.15) is 4.60 Å². The highest BCUT2D eigenvalue weighted by Gasteiger charge is 2.14. The molecule has 0 spiro atoms. The van der Waals surface area contributed by atoms with E-state index in [0.717, 1.165) is 0 Å². The van der Waals surface area contributed by atoms with Crippen LogP contribution in [0.15, 0.2) is 41.1 Å². The van der Waals surface area contributed by atoms with Crippen LogP contribution >= 0.6 is 27.5 Å². The summed E-state index contributed by atoms with van der Waals surface area (Å²) in [6.45, 7) is 0.